The van der Waals surface area contributed by atoms with Crippen LogP contribution in [0.2, 0.25) is 0 Å². The third kappa shape index (κ3) is 2.90. The summed E-state index contributed by atoms with van der Waals surface area (Å²) in [5.74, 6) is 0.962. The summed E-state index contributed by atoms with van der Waals surface area (Å²) < 4.78 is 1.77. The van der Waals surface area contributed by atoms with Gasteiger partial charge in [0.05, 0.1) is 16.3 Å². The van der Waals surface area contributed by atoms with Crippen LogP contribution in [0, 0.1) is 0 Å². The molecule has 0 radical (unpaired) electrons. The number of hydrogen-bond donors (Lipinski definition) is 0. The van der Waals surface area contributed by atoms with E-state index in [4.69, 9.17) is 4.98 Å². The van der Waals surface area contributed by atoms with E-state index in [1.807, 2.05) is 30.3 Å². The van der Waals surface area contributed by atoms with Crippen LogP contribution in [-0.4, -0.2) is 20.6 Å². The van der Waals surface area contributed by atoms with Crippen LogP contribution >= 0.6 is 23.5 Å². The first kappa shape index (κ1) is 14.7. The summed E-state index contributed by atoms with van der Waals surface area (Å²) in [5, 5.41) is 1.26. The molecular formula is C16H18N2OS2. The maximum Gasteiger partial charge on any atom is 0.272 e. The van der Waals surface area contributed by atoms with Gasteiger partial charge in [-0.2, -0.15) is 0 Å². The van der Waals surface area contributed by atoms with E-state index >= 15 is 0 Å². The predicted molar refractivity (Wildman–Crippen MR) is 89.9 cm³/mol. The lowest BCUT2D eigenvalue weighted by molar-refractivity contribution is 0.734. The van der Waals surface area contributed by atoms with E-state index in [9.17, 15) is 4.79 Å². The van der Waals surface area contributed by atoms with E-state index in [1.165, 1.54) is 0 Å². The minimum Gasteiger partial charge on any atom is -0.268 e. The third-order valence-corrected chi connectivity index (χ3v) is 5.89. The minimum absolute atomic E-state index is 0.0829. The fourth-order valence-electron chi connectivity index (χ4n) is 2.24. The van der Waals surface area contributed by atoms with Crippen molar-refractivity contribution in [1.29, 1.82) is 0 Å². The van der Waals surface area contributed by atoms with E-state index in [0.29, 0.717) is 5.25 Å². The van der Waals surface area contributed by atoms with Crippen LogP contribution in [0.15, 0.2) is 45.2 Å². The van der Waals surface area contributed by atoms with Crippen molar-refractivity contribution in [3.8, 4) is 5.69 Å². The van der Waals surface area contributed by atoms with E-state index in [2.05, 4.69) is 13.8 Å². The molecule has 0 spiro atoms. The number of benzene rings is 1. The number of aromatic nitrogens is 2. The Balaban J connectivity index is 2.18. The highest BCUT2D eigenvalue weighted by atomic mass is 32.2. The van der Waals surface area contributed by atoms with Crippen molar-refractivity contribution in [2.45, 2.75) is 42.0 Å². The number of para-hydroxylation sites is 1. The summed E-state index contributed by atoms with van der Waals surface area (Å²) in [6.07, 6.45) is 1.96. The highest BCUT2D eigenvalue weighted by Gasteiger charge is 2.23. The van der Waals surface area contributed by atoms with Crippen LogP contribution < -0.4 is 5.56 Å². The van der Waals surface area contributed by atoms with E-state index in [-0.39, 0.29) is 5.56 Å². The van der Waals surface area contributed by atoms with Gasteiger partial charge in [-0.15, -0.1) is 11.8 Å². The standard InChI is InChI=1S/C16H18N2OS2/c1-3-11(2)21-16-17-13-9-10-20-14(13)15(19)18(16)12-7-5-4-6-8-12/h4-8,11H,3,9-10H2,1-2H3/t11-/m1/s1. The van der Waals surface area contributed by atoms with Gasteiger partial charge in [-0.1, -0.05) is 43.8 Å². The highest BCUT2D eigenvalue weighted by Crippen LogP contribution is 2.31. The largest absolute Gasteiger partial charge is 0.272 e. The topological polar surface area (TPSA) is 34.9 Å². The number of thioether (sulfide) groups is 2. The lowest BCUT2D eigenvalue weighted by Crippen LogP contribution is -2.24. The maximum atomic E-state index is 12.8. The van der Waals surface area contributed by atoms with Crippen LogP contribution in [0.25, 0.3) is 5.69 Å². The number of nitrogens with zero attached hydrogens (tertiary/aromatic N) is 2. The van der Waals surface area contributed by atoms with Gasteiger partial charge in [0.1, 0.15) is 0 Å². The molecule has 3 rings (SSSR count). The first-order valence-electron chi connectivity index (χ1n) is 7.21. The van der Waals surface area contributed by atoms with Gasteiger partial charge in [-0.05, 0) is 18.6 Å². The van der Waals surface area contributed by atoms with Crippen molar-refractivity contribution in [3.05, 3.63) is 46.4 Å². The number of fused-ring (bicyclic) bond motifs is 1. The number of rotatable bonds is 4. The molecule has 0 saturated carbocycles. The zero-order valence-electron chi connectivity index (χ0n) is 12.2. The smallest absolute Gasteiger partial charge is 0.268 e. The molecule has 0 bridgehead atoms. The molecule has 2 aromatic rings. The second-order valence-electron chi connectivity index (χ2n) is 5.08. The summed E-state index contributed by atoms with van der Waals surface area (Å²) in [7, 11) is 0. The van der Waals surface area contributed by atoms with Gasteiger partial charge in [0.25, 0.3) is 5.56 Å². The molecule has 1 aliphatic rings. The molecular weight excluding hydrogens is 300 g/mol. The average molecular weight is 318 g/mol. The van der Waals surface area contributed by atoms with Gasteiger partial charge in [-0.25, -0.2) is 4.98 Å². The van der Waals surface area contributed by atoms with Gasteiger partial charge < -0.3 is 0 Å². The van der Waals surface area contributed by atoms with Gasteiger partial charge >= 0.3 is 0 Å². The molecule has 0 aliphatic carbocycles. The molecule has 110 valence electrons. The second kappa shape index (κ2) is 6.28. The number of aryl methyl sites for hydroxylation is 1. The van der Waals surface area contributed by atoms with E-state index in [0.717, 1.165) is 40.0 Å². The van der Waals surface area contributed by atoms with Crippen molar-refractivity contribution in [1.82, 2.24) is 9.55 Å². The molecule has 21 heavy (non-hydrogen) atoms. The Morgan fingerprint density at radius 1 is 1.38 bits per heavy atom. The molecule has 3 nitrogen and oxygen atoms in total. The molecule has 1 aromatic carbocycles. The molecule has 1 aliphatic heterocycles. The van der Waals surface area contributed by atoms with Gasteiger partial charge in [0.2, 0.25) is 0 Å². The normalized spacial score (nSPS) is 15.0. The van der Waals surface area contributed by atoms with Crippen molar-refractivity contribution in [2.24, 2.45) is 0 Å². The SMILES string of the molecule is CC[C@@H](C)Sc1nc2c(c(=O)n1-c1ccccc1)SCC2. The Bertz CT molecular complexity index is 697. The lowest BCUT2D eigenvalue weighted by Gasteiger charge is -2.15. The monoisotopic (exact) mass is 318 g/mol. The zero-order valence-corrected chi connectivity index (χ0v) is 13.8. The van der Waals surface area contributed by atoms with Gasteiger partial charge in [0, 0.05) is 17.4 Å². The molecule has 5 heteroatoms. The van der Waals surface area contributed by atoms with Crippen LogP contribution in [-0.2, 0) is 6.42 Å². The van der Waals surface area contributed by atoms with E-state index in [1.54, 1.807) is 28.1 Å². The third-order valence-electron chi connectivity index (χ3n) is 3.56. The fourth-order valence-corrected chi connectivity index (χ4v) is 4.25. The molecule has 0 fully saturated rings. The predicted octanol–water partition coefficient (Wildman–Crippen LogP) is 3.77. The minimum atomic E-state index is 0.0829. The van der Waals surface area contributed by atoms with Gasteiger partial charge in [-0.3, -0.25) is 9.36 Å². The molecule has 2 heterocycles. The van der Waals surface area contributed by atoms with Gasteiger partial charge in [0.15, 0.2) is 5.16 Å². The quantitative estimate of drug-likeness (QED) is 0.635. The Hall–Kier alpha value is -1.20. The maximum absolute atomic E-state index is 12.8. The lowest BCUT2D eigenvalue weighted by atomic mass is 10.3. The van der Waals surface area contributed by atoms with Crippen LogP contribution in [0.1, 0.15) is 26.0 Å². The Kier molecular flexibility index (Phi) is 4.40. The summed E-state index contributed by atoms with van der Waals surface area (Å²) in [5.41, 5.74) is 1.96. The Labute approximate surface area is 133 Å². The number of hydrogen-bond acceptors (Lipinski definition) is 4. The molecule has 1 aromatic heterocycles. The highest BCUT2D eigenvalue weighted by molar-refractivity contribution is 8.00. The fraction of sp³-hybridized carbons (Fsp3) is 0.375. The van der Waals surface area contributed by atoms with Crippen LogP contribution in [0.5, 0.6) is 0 Å². The summed E-state index contributed by atoms with van der Waals surface area (Å²) in [6, 6.07) is 9.82. The first-order chi connectivity index (χ1) is 10.2. The average Bonchev–Trinajstić information content (AvgIpc) is 2.97. The zero-order chi connectivity index (χ0) is 14.8. The molecule has 0 N–H and O–H groups in total. The van der Waals surface area contributed by atoms with Crippen molar-refractivity contribution < 1.29 is 0 Å². The molecule has 0 unspecified atom stereocenters. The molecule has 1 atom stereocenters. The van der Waals surface area contributed by atoms with Crippen LogP contribution in [0.4, 0.5) is 0 Å². The summed E-state index contributed by atoms with van der Waals surface area (Å²) >= 11 is 3.32. The van der Waals surface area contributed by atoms with Crippen molar-refractivity contribution in [3.63, 3.8) is 0 Å². The Morgan fingerprint density at radius 3 is 2.86 bits per heavy atom. The second-order valence-corrected chi connectivity index (χ2v) is 7.59. The molecule has 0 saturated heterocycles. The van der Waals surface area contributed by atoms with Crippen LogP contribution in [0.3, 0.4) is 0 Å². The van der Waals surface area contributed by atoms with E-state index < -0.39 is 0 Å². The summed E-state index contributed by atoms with van der Waals surface area (Å²) in [4.78, 5) is 18.5. The molecule has 0 amide bonds. The first-order valence-corrected chi connectivity index (χ1v) is 9.08. The summed E-state index contributed by atoms with van der Waals surface area (Å²) in [6.45, 7) is 4.33. The van der Waals surface area contributed by atoms with Crippen molar-refractivity contribution >= 4 is 23.5 Å². The van der Waals surface area contributed by atoms with Crippen molar-refractivity contribution in [2.75, 3.05) is 5.75 Å². The Morgan fingerprint density at radius 2 is 2.14 bits per heavy atom.